The van der Waals surface area contributed by atoms with Gasteiger partial charge in [0.25, 0.3) is 0 Å². The molecule has 1 aliphatic heterocycles. The molecular weight excluding hydrogens is 152 g/mol. The van der Waals surface area contributed by atoms with Gasteiger partial charge in [-0.15, -0.1) is 0 Å². The number of rotatable bonds is 0. The lowest BCUT2D eigenvalue weighted by molar-refractivity contribution is -0.130. The van der Waals surface area contributed by atoms with Gasteiger partial charge in [0.1, 0.15) is 0 Å². The fourth-order valence-corrected chi connectivity index (χ4v) is 1.33. The Balaban J connectivity index is 2.74. The summed E-state index contributed by atoms with van der Waals surface area (Å²) in [6.07, 6.45) is 0.731. The average Bonchev–Trinajstić information content (AvgIpc) is 1.92. The molecule has 1 heterocycles. The first-order valence-corrected chi connectivity index (χ1v) is 4.15. The molecule has 0 aromatic rings. The molecule has 68 valence electrons. The topological polar surface area (TPSA) is 41.1 Å². The third-order valence-corrected chi connectivity index (χ3v) is 2.17. The van der Waals surface area contributed by atoms with E-state index in [4.69, 9.17) is 0 Å². The Hall–Kier alpha value is -0.990. The van der Waals surface area contributed by atoms with Gasteiger partial charge in [-0.05, 0) is 5.41 Å². The van der Waals surface area contributed by atoms with Crippen LogP contribution in [0.25, 0.3) is 0 Å². The number of carbonyl (C=O) groups is 1. The molecule has 12 heavy (non-hydrogen) atoms. The second kappa shape index (κ2) is 2.81. The maximum absolute atomic E-state index is 11.4. The Kier molecular flexibility index (Phi) is 2.13. The first-order chi connectivity index (χ1) is 5.41. The zero-order valence-electron chi connectivity index (χ0n) is 7.90. The monoisotopic (exact) mass is 168 g/mol. The first kappa shape index (κ1) is 9.10. The van der Waals surface area contributed by atoms with Crippen LogP contribution in [0.5, 0.6) is 0 Å². The molecule has 3 heteroatoms. The van der Waals surface area contributed by atoms with Gasteiger partial charge in [-0.3, -0.25) is 10.2 Å². The number of hydrogen-bond acceptors (Lipinski definition) is 2. The highest BCUT2D eigenvalue weighted by atomic mass is 16.2. The van der Waals surface area contributed by atoms with E-state index in [9.17, 15) is 4.79 Å². The molecule has 0 aliphatic carbocycles. The van der Waals surface area contributed by atoms with Crippen LogP contribution >= 0.6 is 0 Å². The van der Waals surface area contributed by atoms with Crippen molar-refractivity contribution in [3.8, 4) is 0 Å². The highest BCUT2D eigenvalue weighted by molar-refractivity contribution is 5.80. The highest BCUT2D eigenvalue weighted by Crippen LogP contribution is 2.31. The number of allylic oxidation sites excluding steroid dienone is 1. The summed E-state index contributed by atoms with van der Waals surface area (Å²) in [4.78, 5) is 11.4. The minimum atomic E-state index is 0.00905. The fourth-order valence-electron chi connectivity index (χ4n) is 1.33. The van der Waals surface area contributed by atoms with Crippen LogP contribution in [0.2, 0.25) is 0 Å². The maximum Gasteiger partial charge on any atom is 0.242 e. The molecule has 0 spiro atoms. The van der Waals surface area contributed by atoms with Crippen molar-refractivity contribution in [3.05, 3.63) is 12.3 Å². The molecular formula is C9H16N2O. The third kappa shape index (κ3) is 1.78. The summed E-state index contributed by atoms with van der Waals surface area (Å²) in [5.41, 5.74) is 6.23. The van der Waals surface area contributed by atoms with Gasteiger partial charge in [0.05, 0.1) is 0 Å². The molecule has 0 bridgehead atoms. The van der Waals surface area contributed by atoms with E-state index in [0.717, 1.165) is 12.1 Å². The molecule has 3 nitrogen and oxygen atoms in total. The van der Waals surface area contributed by atoms with Crippen LogP contribution in [0, 0.1) is 11.3 Å². The van der Waals surface area contributed by atoms with Gasteiger partial charge in [-0.25, -0.2) is 0 Å². The van der Waals surface area contributed by atoms with Crippen LogP contribution in [0.4, 0.5) is 0 Å². The van der Waals surface area contributed by atoms with Crippen molar-refractivity contribution in [2.45, 2.75) is 27.2 Å². The molecule has 1 rings (SSSR count). The molecule has 0 aromatic carbocycles. The van der Waals surface area contributed by atoms with E-state index >= 15 is 0 Å². The summed E-state index contributed by atoms with van der Waals surface area (Å²) in [6, 6.07) is 0. The van der Waals surface area contributed by atoms with Gasteiger partial charge in [0, 0.05) is 18.0 Å². The van der Waals surface area contributed by atoms with Crippen molar-refractivity contribution in [1.82, 2.24) is 10.9 Å². The number of nitrogens with one attached hydrogen (secondary N) is 2. The molecule has 1 amide bonds. The Morgan fingerprint density at radius 2 is 2.00 bits per heavy atom. The summed E-state index contributed by atoms with van der Waals surface area (Å²) in [5.74, 6) is 0.0983. The highest BCUT2D eigenvalue weighted by Gasteiger charge is 2.34. The van der Waals surface area contributed by atoms with Crippen molar-refractivity contribution in [2.24, 2.45) is 11.3 Å². The van der Waals surface area contributed by atoms with Crippen molar-refractivity contribution in [1.29, 1.82) is 0 Å². The van der Waals surface area contributed by atoms with Gasteiger partial charge in [-0.2, -0.15) is 0 Å². The Labute approximate surface area is 73.2 Å². The number of carbonyl (C=O) groups excluding carboxylic acids is 1. The molecule has 0 saturated carbocycles. The van der Waals surface area contributed by atoms with E-state index in [1.807, 2.05) is 0 Å². The minimum Gasteiger partial charge on any atom is -0.303 e. The van der Waals surface area contributed by atoms with Crippen molar-refractivity contribution < 1.29 is 4.79 Å². The molecule has 1 saturated heterocycles. The average molecular weight is 168 g/mol. The smallest absolute Gasteiger partial charge is 0.242 e. The van der Waals surface area contributed by atoms with E-state index in [2.05, 4.69) is 38.2 Å². The largest absolute Gasteiger partial charge is 0.303 e. The molecule has 1 unspecified atom stereocenters. The molecule has 0 radical (unpaired) electrons. The molecule has 0 aromatic heterocycles. The van der Waals surface area contributed by atoms with Crippen molar-refractivity contribution in [3.63, 3.8) is 0 Å². The molecule has 1 aliphatic rings. The summed E-state index contributed by atoms with van der Waals surface area (Å²) >= 11 is 0. The lowest BCUT2D eigenvalue weighted by Gasteiger charge is -2.34. The second-order valence-corrected chi connectivity index (χ2v) is 4.34. The zero-order valence-corrected chi connectivity index (χ0v) is 7.90. The first-order valence-electron chi connectivity index (χ1n) is 4.15. The van der Waals surface area contributed by atoms with Gasteiger partial charge in [0.15, 0.2) is 0 Å². The normalized spacial score (nSPS) is 24.8. The van der Waals surface area contributed by atoms with Crippen LogP contribution < -0.4 is 10.9 Å². The maximum atomic E-state index is 11.4. The van der Waals surface area contributed by atoms with E-state index in [-0.39, 0.29) is 17.2 Å². The second-order valence-electron chi connectivity index (χ2n) is 4.34. The van der Waals surface area contributed by atoms with Crippen LogP contribution in [-0.2, 0) is 4.79 Å². The predicted molar refractivity (Wildman–Crippen MR) is 48.0 cm³/mol. The Morgan fingerprint density at radius 1 is 1.42 bits per heavy atom. The number of hydrazine groups is 1. The van der Waals surface area contributed by atoms with Gasteiger partial charge < -0.3 is 5.43 Å². The van der Waals surface area contributed by atoms with E-state index in [1.165, 1.54) is 0 Å². The predicted octanol–water partition coefficient (Wildman–Crippen LogP) is 1.19. The number of amides is 1. The molecule has 1 fully saturated rings. The standard InChI is InChI=1S/C9H16N2O/c1-6-5-7(9(2,3)4)8(12)11-10-6/h7,10H,1,5H2,2-4H3,(H,11,12). The molecule has 2 N–H and O–H groups in total. The van der Waals surface area contributed by atoms with Gasteiger partial charge in [-0.1, -0.05) is 27.4 Å². The third-order valence-electron chi connectivity index (χ3n) is 2.17. The number of hydrogen-bond donors (Lipinski definition) is 2. The van der Waals surface area contributed by atoms with Crippen LogP contribution in [0.1, 0.15) is 27.2 Å². The summed E-state index contributed by atoms with van der Waals surface area (Å²) in [6.45, 7) is 9.98. The van der Waals surface area contributed by atoms with E-state index < -0.39 is 0 Å². The van der Waals surface area contributed by atoms with Gasteiger partial charge in [0.2, 0.25) is 5.91 Å². The fraction of sp³-hybridized carbons (Fsp3) is 0.667. The summed E-state index contributed by atoms with van der Waals surface area (Å²) in [7, 11) is 0. The van der Waals surface area contributed by atoms with Crippen molar-refractivity contribution >= 4 is 5.91 Å². The summed E-state index contributed by atoms with van der Waals surface area (Å²) < 4.78 is 0. The lowest BCUT2D eigenvalue weighted by atomic mass is 9.77. The van der Waals surface area contributed by atoms with E-state index in [1.54, 1.807) is 0 Å². The van der Waals surface area contributed by atoms with E-state index in [0.29, 0.717) is 0 Å². The van der Waals surface area contributed by atoms with Crippen LogP contribution in [-0.4, -0.2) is 5.91 Å². The Bertz CT molecular complexity index is 215. The Morgan fingerprint density at radius 3 is 2.42 bits per heavy atom. The zero-order chi connectivity index (χ0) is 9.35. The summed E-state index contributed by atoms with van der Waals surface area (Å²) in [5, 5.41) is 0. The quantitative estimate of drug-likeness (QED) is 0.570. The van der Waals surface area contributed by atoms with Crippen molar-refractivity contribution in [2.75, 3.05) is 0 Å². The lowest BCUT2D eigenvalue weighted by Crippen LogP contribution is -2.49. The van der Waals surface area contributed by atoms with Gasteiger partial charge >= 0.3 is 0 Å². The minimum absolute atomic E-state index is 0.00905. The van der Waals surface area contributed by atoms with Crippen LogP contribution in [0.3, 0.4) is 0 Å². The van der Waals surface area contributed by atoms with Crippen LogP contribution in [0.15, 0.2) is 12.3 Å². The SMILES string of the molecule is C=C1CC(C(C)(C)C)C(=O)NN1. The molecule has 1 atom stereocenters.